The van der Waals surface area contributed by atoms with Gasteiger partial charge in [-0.25, -0.2) is 13.4 Å². The van der Waals surface area contributed by atoms with Gasteiger partial charge < -0.3 is 10.2 Å². The number of nitrogens with zero attached hydrogens (tertiary/aromatic N) is 1. The predicted octanol–water partition coefficient (Wildman–Crippen LogP) is 3.52. The maximum Gasteiger partial charge on any atom is 0.263 e. The van der Waals surface area contributed by atoms with Crippen molar-refractivity contribution in [3.8, 4) is 11.5 Å². The van der Waals surface area contributed by atoms with E-state index in [-0.39, 0.29) is 22.2 Å². The van der Waals surface area contributed by atoms with E-state index in [2.05, 4.69) is 25.6 Å². The maximum atomic E-state index is 12.5. The fourth-order valence-electron chi connectivity index (χ4n) is 2.32. The second-order valence-electron chi connectivity index (χ2n) is 5.19. The van der Waals surface area contributed by atoms with Crippen molar-refractivity contribution in [2.24, 2.45) is 0 Å². The van der Waals surface area contributed by atoms with Crippen LogP contribution in [0, 0.1) is 6.92 Å². The summed E-state index contributed by atoms with van der Waals surface area (Å²) in [6.07, 6.45) is 1.38. The van der Waals surface area contributed by atoms with Gasteiger partial charge in [0.05, 0.1) is 4.90 Å². The number of hydrogen-bond acceptors (Lipinski definition) is 5. The molecule has 2 aromatic carbocycles. The van der Waals surface area contributed by atoms with Gasteiger partial charge in [0, 0.05) is 10.7 Å². The smallest absolute Gasteiger partial charge is 0.263 e. The molecule has 0 unspecified atom stereocenters. The fourth-order valence-corrected chi connectivity index (χ4v) is 3.92. The zero-order valence-electron chi connectivity index (χ0n) is 12.5. The average Bonchev–Trinajstić information content (AvgIpc) is 2.54. The minimum absolute atomic E-state index is 0.0193. The van der Waals surface area contributed by atoms with E-state index < -0.39 is 10.0 Å². The summed E-state index contributed by atoms with van der Waals surface area (Å²) in [5, 5.41) is 20.9. The Morgan fingerprint density at radius 1 is 1.08 bits per heavy atom. The third-order valence-corrected chi connectivity index (χ3v) is 5.62. The second-order valence-corrected chi connectivity index (χ2v) is 7.72. The summed E-state index contributed by atoms with van der Waals surface area (Å²) in [4.78, 5) is 3.83. The SMILES string of the molecule is Cc1c(O)cc(Br)c2cc(S(=O)(=O)Nc3ncccc3O)ccc12. The van der Waals surface area contributed by atoms with E-state index in [1.807, 2.05) is 0 Å². The number of aromatic hydroxyl groups is 2. The largest absolute Gasteiger partial charge is 0.508 e. The lowest BCUT2D eigenvalue weighted by molar-refractivity contribution is 0.472. The molecule has 0 spiro atoms. The van der Waals surface area contributed by atoms with Crippen LogP contribution in [0.2, 0.25) is 0 Å². The standard InChI is InChI=1S/C16H13BrN2O4S/c1-9-11-5-4-10(7-12(11)13(17)8-15(9)21)24(22,23)19-16-14(20)3-2-6-18-16/h2-8,20-21H,1H3,(H,18,19). The Balaban J connectivity index is 2.10. The van der Waals surface area contributed by atoms with Crippen LogP contribution >= 0.6 is 15.9 Å². The first-order valence-electron chi connectivity index (χ1n) is 6.88. The summed E-state index contributed by atoms with van der Waals surface area (Å²) in [6, 6.07) is 8.91. The summed E-state index contributed by atoms with van der Waals surface area (Å²) in [5.41, 5.74) is 0.660. The number of aryl methyl sites for hydroxylation is 1. The topological polar surface area (TPSA) is 99.5 Å². The number of aromatic nitrogens is 1. The van der Waals surface area contributed by atoms with E-state index in [4.69, 9.17) is 0 Å². The van der Waals surface area contributed by atoms with E-state index >= 15 is 0 Å². The Morgan fingerprint density at radius 2 is 1.83 bits per heavy atom. The molecule has 6 nitrogen and oxygen atoms in total. The molecule has 3 N–H and O–H groups in total. The van der Waals surface area contributed by atoms with E-state index in [0.717, 1.165) is 5.39 Å². The zero-order chi connectivity index (χ0) is 17.5. The zero-order valence-corrected chi connectivity index (χ0v) is 14.9. The van der Waals surface area contributed by atoms with Gasteiger partial charge >= 0.3 is 0 Å². The molecule has 0 amide bonds. The molecule has 3 rings (SSSR count). The molecular weight excluding hydrogens is 396 g/mol. The lowest BCUT2D eigenvalue weighted by Crippen LogP contribution is -2.14. The highest BCUT2D eigenvalue weighted by Crippen LogP contribution is 2.34. The molecule has 0 bridgehead atoms. The highest BCUT2D eigenvalue weighted by atomic mass is 79.9. The number of rotatable bonds is 3. The van der Waals surface area contributed by atoms with Crippen molar-refractivity contribution >= 4 is 42.5 Å². The molecule has 0 saturated heterocycles. The van der Waals surface area contributed by atoms with Crippen LogP contribution in [0.4, 0.5) is 5.82 Å². The van der Waals surface area contributed by atoms with Crippen LogP contribution in [0.3, 0.4) is 0 Å². The van der Waals surface area contributed by atoms with E-state index in [0.29, 0.717) is 15.4 Å². The van der Waals surface area contributed by atoms with Crippen molar-refractivity contribution in [1.82, 2.24) is 4.98 Å². The van der Waals surface area contributed by atoms with Gasteiger partial charge in [-0.2, -0.15) is 0 Å². The number of pyridine rings is 1. The van der Waals surface area contributed by atoms with Crippen molar-refractivity contribution < 1.29 is 18.6 Å². The first kappa shape index (κ1) is 16.5. The van der Waals surface area contributed by atoms with Gasteiger partial charge in [-0.1, -0.05) is 22.0 Å². The van der Waals surface area contributed by atoms with Crippen LogP contribution in [-0.4, -0.2) is 23.6 Å². The molecule has 1 heterocycles. The Morgan fingerprint density at radius 3 is 2.54 bits per heavy atom. The third-order valence-electron chi connectivity index (χ3n) is 3.63. The van der Waals surface area contributed by atoms with Crippen molar-refractivity contribution in [1.29, 1.82) is 0 Å². The molecule has 0 aliphatic carbocycles. The Kier molecular flexibility index (Phi) is 4.10. The molecular formula is C16H13BrN2O4S. The quantitative estimate of drug-likeness (QED) is 0.615. The number of fused-ring (bicyclic) bond motifs is 1. The molecule has 0 aliphatic rings. The fraction of sp³-hybridized carbons (Fsp3) is 0.0625. The average molecular weight is 409 g/mol. The molecule has 24 heavy (non-hydrogen) atoms. The second kappa shape index (κ2) is 5.95. The number of anilines is 1. The number of benzene rings is 2. The molecule has 1 aromatic heterocycles. The number of hydrogen-bond donors (Lipinski definition) is 3. The summed E-state index contributed by atoms with van der Waals surface area (Å²) in [7, 11) is -3.92. The van der Waals surface area contributed by atoms with Crippen molar-refractivity contribution in [3.63, 3.8) is 0 Å². The van der Waals surface area contributed by atoms with Gasteiger partial charge in [-0.3, -0.25) is 4.72 Å². The van der Waals surface area contributed by atoms with Gasteiger partial charge in [0.25, 0.3) is 10.0 Å². The van der Waals surface area contributed by atoms with Crippen LogP contribution in [0.15, 0.2) is 52.0 Å². The van der Waals surface area contributed by atoms with Gasteiger partial charge in [0.1, 0.15) is 5.75 Å². The molecule has 0 saturated carbocycles. The van der Waals surface area contributed by atoms with Crippen LogP contribution in [0.1, 0.15) is 5.56 Å². The molecule has 8 heteroatoms. The first-order chi connectivity index (χ1) is 11.3. The molecule has 0 atom stereocenters. The van der Waals surface area contributed by atoms with Crippen LogP contribution in [-0.2, 0) is 10.0 Å². The van der Waals surface area contributed by atoms with Gasteiger partial charge in [-0.05, 0) is 53.6 Å². The number of phenolic OH excluding ortho intramolecular Hbond substituents is 1. The Labute approximate surface area is 147 Å². The first-order valence-corrected chi connectivity index (χ1v) is 9.16. The predicted molar refractivity (Wildman–Crippen MR) is 94.8 cm³/mol. The highest BCUT2D eigenvalue weighted by Gasteiger charge is 2.18. The van der Waals surface area contributed by atoms with Gasteiger partial charge in [0.15, 0.2) is 11.6 Å². The van der Waals surface area contributed by atoms with Gasteiger partial charge in [-0.15, -0.1) is 0 Å². The van der Waals surface area contributed by atoms with Gasteiger partial charge in [0.2, 0.25) is 0 Å². The van der Waals surface area contributed by atoms with Crippen LogP contribution < -0.4 is 4.72 Å². The monoisotopic (exact) mass is 408 g/mol. The number of nitrogens with one attached hydrogen (secondary N) is 1. The highest BCUT2D eigenvalue weighted by molar-refractivity contribution is 9.10. The van der Waals surface area contributed by atoms with Crippen molar-refractivity contribution in [2.75, 3.05) is 4.72 Å². The molecule has 3 aromatic rings. The summed E-state index contributed by atoms with van der Waals surface area (Å²) >= 11 is 3.33. The Bertz CT molecular complexity index is 1050. The minimum Gasteiger partial charge on any atom is -0.508 e. The lowest BCUT2D eigenvalue weighted by Gasteiger charge is -2.11. The summed E-state index contributed by atoms with van der Waals surface area (Å²) < 4.78 is 27.9. The van der Waals surface area contributed by atoms with E-state index in [9.17, 15) is 18.6 Å². The Hall–Kier alpha value is -2.32. The normalized spacial score (nSPS) is 11.6. The van der Waals surface area contributed by atoms with Crippen molar-refractivity contribution in [3.05, 3.63) is 52.6 Å². The summed E-state index contributed by atoms with van der Waals surface area (Å²) in [6.45, 7) is 1.75. The van der Waals surface area contributed by atoms with Crippen molar-refractivity contribution in [2.45, 2.75) is 11.8 Å². The third kappa shape index (κ3) is 2.90. The maximum absolute atomic E-state index is 12.5. The number of phenols is 1. The number of halogens is 1. The van der Waals surface area contributed by atoms with Crippen LogP contribution in [0.25, 0.3) is 10.8 Å². The molecule has 0 fully saturated rings. The molecule has 124 valence electrons. The number of sulfonamides is 1. The van der Waals surface area contributed by atoms with E-state index in [1.54, 1.807) is 13.0 Å². The summed E-state index contributed by atoms with van der Waals surface area (Å²) in [5.74, 6) is -0.274. The minimum atomic E-state index is -3.92. The van der Waals surface area contributed by atoms with E-state index in [1.165, 1.54) is 36.5 Å². The lowest BCUT2D eigenvalue weighted by atomic mass is 10.0. The molecule has 0 aliphatic heterocycles. The van der Waals surface area contributed by atoms with Crippen LogP contribution in [0.5, 0.6) is 11.5 Å². The molecule has 0 radical (unpaired) electrons.